The lowest BCUT2D eigenvalue weighted by molar-refractivity contribution is 0.103. The lowest BCUT2D eigenvalue weighted by Gasteiger charge is -2.07. The van der Waals surface area contributed by atoms with Crippen LogP contribution in [-0.4, -0.2) is 44.8 Å². The first-order valence-corrected chi connectivity index (χ1v) is 14.9. The molecule has 7 rings (SSSR count). The van der Waals surface area contributed by atoms with Gasteiger partial charge in [0.05, 0.1) is 12.7 Å². The van der Waals surface area contributed by atoms with Crippen LogP contribution in [0.4, 0.5) is 20.4 Å². The quantitative estimate of drug-likeness (QED) is 0.145. The molecule has 12 nitrogen and oxygen atoms in total. The number of carbonyl (C=O) groups excluding carboxylic acids is 1. The summed E-state index contributed by atoms with van der Waals surface area (Å²) in [6.07, 6.45) is 1.56. The van der Waals surface area contributed by atoms with Gasteiger partial charge in [0, 0.05) is 44.9 Å². The molecule has 242 valence electrons. The Morgan fingerprint density at radius 3 is 1.75 bits per heavy atom. The average Bonchev–Trinajstić information content (AvgIpc) is 3.68. The van der Waals surface area contributed by atoms with E-state index in [-0.39, 0.29) is 5.78 Å². The fraction of sp³-hybridized carbons (Fsp3) is 0.147. The van der Waals surface area contributed by atoms with E-state index in [2.05, 4.69) is 40.5 Å². The summed E-state index contributed by atoms with van der Waals surface area (Å²) in [5, 5.41) is 6.19. The van der Waals surface area contributed by atoms with Crippen LogP contribution in [0.1, 0.15) is 32.6 Å². The van der Waals surface area contributed by atoms with E-state index in [0.717, 1.165) is 16.7 Å². The number of fused-ring (bicyclic) bond motifs is 2. The van der Waals surface area contributed by atoms with Gasteiger partial charge in [-0.1, -0.05) is 78.9 Å². The fourth-order valence-electron chi connectivity index (χ4n) is 4.98. The lowest BCUT2D eigenvalue weighted by atomic mass is 10.0. The summed E-state index contributed by atoms with van der Waals surface area (Å²) in [4.78, 5) is 35.9. The molecule has 48 heavy (non-hydrogen) atoms. The molecule has 4 aromatic heterocycles. The molecule has 0 bridgehead atoms. The van der Waals surface area contributed by atoms with Crippen LogP contribution in [-0.2, 0) is 33.7 Å². The zero-order valence-electron chi connectivity index (χ0n) is 26.1. The third-order valence-corrected chi connectivity index (χ3v) is 7.46. The number of halogens is 2. The van der Waals surface area contributed by atoms with Crippen molar-refractivity contribution in [3.05, 3.63) is 131 Å². The third kappa shape index (κ3) is 7.13. The number of anilines is 2. The Balaban J connectivity index is 0.000000173. The van der Waals surface area contributed by atoms with Gasteiger partial charge in [-0.25, -0.2) is 9.97 Å². The number of rotatable bonds is 9. The summed E-state index contributed by atoms with van der Waals surface area (Å²) in [5.74, 6) is 0.696. The Hall–Kier alpha value is -6.15. The van der Waals surface area contributed by atoms with Crippen molar-refractivity contribution in [2.45, 2.75) is 19.6 Å². The van der Waals surface area contributed by atoms with Crippen LogP contribution in [0.2, 0.25) is 0 Å². The Kier molecular flexibility index (Phi) is 9.34. The molecule has 0 saturated carbocycles. The van der Waals surface area contributed by atoms with Crippen LogP contribution in [0.15, 0.2) is 91.5 Å². The van der Waals surface area contributed by atoms with Crippen LogP contribution in [0.5, 0.6) is 0 Å². The number of aryl methyl sites for hydroxylation is 2. The first kappa shape index (κ1) is 31.8. The highest BCUT2D eigenvalue weighted by Gasteiger charge is 2.13. The van der Waals surface area contributed by atoms with E-state index >= 15 is 0 Å². The van der Waals surface area contributed by atoms with Crippen LogP contribution in [0, 0.1) is 12.2 Å². The fourth-order valence-corrected chi connectivity index (χ4v) is 4.98. The molecule has 3 aromatic carbocycles. The van der Waals surface area contributed by atoms with Gasteiger partial charge in [0.25, 0.3) is 0 Å². The zero-order chi connectivity index (χ0) is 33.6. The van der Waals surface area contributed by atoms with Crippen molar-refractivity contribution in [2.24, 2.45) is 19.8 Å². The minimum absolute atomic E-state index is 0.0248. The molecule has 0 fully saturated rings. The summed E-state index contributed by atoms with van der Waals surface area (Å²) in [7, 11) is 3.50. The first-order valence-electron chi connectivity index (χ1n) is 14.9. The maximum atomic E-state index is 13.6. The predicted octanol–water partition coefficient (Wildman–Crippen LogP) is 4.92. The number of nitrogens with two attached hydrogens (primary N) is 1. The summed E-state index contributed by atoms with van der Waals surface area (Å²) < 4.78 is 30.4. The molecule has 0 amide bonds. The van der Waals surface area contributed by atoms with E-state index in [1.54, 1.807) is 60.1 Å². The molecule has 4 heterocycles. The Labute approximate surface area is 273 Å². The largest absolute Gasteiger partial charge is 0.364 e. The van der Waals surface area contributed by atoms with Crippen molar-refractivity contribution in [3.63, 3.8) is 0 Å². The van der Waals surface area contributed by atoms with Gasteiger partial charge < -0.3 is 25.5 Å². The molecule has 0 radical (unpaired) electrons. The molecule has 0 aliphatic rings. The van der Waals surface area contributed by atoms with Gasteiger partial charge in [-0.15, -0.1) is 0 Å². The van der Waals surface area contributed by atoms with Crippen LogP contribution < -0.4 is 16.4 Å². The molecule has 0 aliphatic carbocycles. The second-order valence-electron chi connectivity index (χ2n) is 10.9. The second kappa shape index (κ2) is 14.1. The number of hydrogen-bond acceptors (Lipinski definition) is 10. The van der Waals surface area contributed by atoms with Gasteiger partial charge in [0.15, 0.2) is 39.7 Å². The molecule has 7 aromatic rings. The molecule has 0 spiro atoms. The Morgan fingerprint density at radius 2 is 1.19 bits per heavy atom. The van der Waals surface area contributed by atoms with E-state index in [0.29, 0.717) is 64.7 Å². The van der Waals surface area contributed by atoms with Crippen LogP contribution in [0.3, 0.4) is 0 Å². The summed E-state index contributed by atoms with van der Waals surface area (Å²) in [6, 6.07) is 24.3. The third-order valence-electron chi connectivity index (χ3n) is 7.46. The van der Waals surface area contributed by atoms with Gasteiger partial charge in [-0.3, -0.25) is 4.79 Å². The normalized spacial score (nSPS) is 10.9. The zero-order valence-corrected chi connectivity index (χ0v) is 26.1. The van der Waals surface area contributed by atoms with Crippen LogP contribution in [0.25, 0.3) is 22.3 Å². The number of nitrogens with zero attached hydrogens (tertiary/aromatic N) is 8. The van der Waals surface area contributed by atoms with E-state index in [1.807, 2.05) is 54.6 Å². The van der Waals surface area contributed by atoms with Gasteiger partial charge >= 0.3 is 12.2 Å². The van der Waals surface area contributed by atoms with Crippen LogP contribution >= 0.6 is 0 Å². The molecule has 4 N–H and O–H groups in total. The topological polar surface area (TPSA) is 154 Å². The molecular formula is C34H31F2N11O. The van der Waals surface area contributed by atoms with Crippen molar-refractivity contribution in [1.82, 2.24) is 39.0 Å². The van der Waals surface area contributed by atoms with E-state index < -0.39 is 12.2 Å². The van der Waals surface area contributed by atoms with Gasteiger partial charge in [0.1, 0.15) is 0 Å². The molecule has 0 aliphatic heterocycles. The second-order valence-corrected chi connectivity index (χ2v) is 10.9. The molecule has 0 unspecified atom stereocenters. The SMILES string of the molecule is Cn1cnc2c(NCc3ccc(C(=O)c4ccccc4)cc3)nc(F)nc21.Cn1cnc2c(NCc3cccc(CN)c3)nc(F)nc21. The highest BCUT2D eigenvalue weighted by Crippen LogP contribution is 2.20. The van der Waals surface area contributed by atoms with E-state index in [9.17, 15) is 13.6 Å². The number of aromatic nitrogens is 8. The summed E-state index contributed by atoms with van der Waals surface area (Å²) in [5.41, 5.74) is 11.9. The van der Waals surface area contributed by atoms with E-state index in [1.165, 1.54) is 0 Å². The first-order chi connectivity index (χ1) is 23.3. The number of hydrogen-bond donors (Lipinski definition) is 3. The van der Waals surface area contributed by atoms with Gasteiger partial charge in [-0.05, 0) is 16.7 Å². The maximum Gasteiger partial charge on any atom is 0.312 e. The number of imidazole rings is 2. The maximum absolute atomic E-state index is 13.6. The highest BCUT2D eigenvalue weighted by molar-refractivity contribution is 6.08. The molecular weight excluding hydrogens is 616 g/mol. The van der Waals surface area contributed by atoms with Crippen molar-refractivity contribution >= 4 is 39.7 Å². The molecule has 0 atom stereocenters. The number of benzene rings is 3. The lowest BCUT2D eigenvalue weighted by Crippen LogP contribution is -2.06. The number of nitrogens with one attached hydrogen (secondary N) is 2. The monoisotopic (exact) mass is 647 g/mol. The average molecular weight is 648 g/mol. The van der Waals surface area contributed by atoms with Crippen molar-refractivity contribution < 1.29 is 13.6 Å². The molecule has 0 saturated heterocycles. The smallest absolute Gasteiger partial charge is 0.312 e. The Morgan fingerprint density at radius 1 is 0.667 bits per heavy atom. The summed E-state index contributed by atoms with van der Waals surface area (Å²) >= 11 is 0. The van der Waals surface area contributed by atoms with Gasteiger partial charge in [0.2, 0.25) is 0 Å². The van der Waals surface area contributed by atoms with Crippen molar-refractivity contribution in [1.29, 1.82) is 0 Å². The van der Waals surface area contributed by atoms with Crippen molar-refractivity contribution in [3.8, 4) is 0 Å². The minimum Gasteiger partial charge on any atom is -0.364 e. The summed E-state index contributed by atoms with van der Waals surface area (Å²) in [6.45, 7) is 1.42. The van der Waals surface area contributed by atoms with Crippen molar-refractivity contribution in [2.75, 3.05) is 10.6 Å². The molecule has 14 heteroatoms. The Bertz CT molecular complexity index is 2200. The number of carbonyl (C=O) groups is 1. The predicted molar refractivity (Wildman–Crippen MR) is 178 cm³/mol. The van der Waals surface area contributed by atoms with E-state index in [4.69, 9.17) is 5.73 Å². The number of ketones is 1. The van der Waals surface area contributed by atoms with Gasteiger partial charge in [-0.2, -0.15) is 28.7 Å². The standard InChI is InChI=1S/C20H16FN5O.C14H15FN6/c1-26-12-23-16-18(24-20(21)25-19(16)26)22-11-13-7-9-15(10-8-13)17(27)14-5-3-2-4-6-14;1-21-8-18-11-12(19-14(15)20-13(11)21)17-7-10-4-2-3-9(5-10)6-16/h2-10,12H,11H2,1H3,(H,22,24,25);2-5,8H,6-7,16H2,1H3,(H,17,19,20). The minimum atomic E-state index is -0.808. The highest BCUT2D eigenvalue weighted by atomic mass is 19.1.